The molecule has 0 radical (unpaired) electrons. The van der Waals surface area contributed by atoms with Crippen molar-refractivity contribution in [3.05, 3.63) is 23.8 Å². The number of hydrogen-bond donors (Lipinski definition) is 1. The van der Waals surface area contributed by atoms with Crippen molar-refractivity contribution in [2.45, 2.75) is 24.7 Å². The molecule has 1 rings (SSSR count). The first kappa shape index (κ1) is 16.8. The molecule has 20 heavy (non-hydrogen) atoms. The first-order chi connectivity index (χ1) is 9.36. The molecular formula is C12H17F2NO4S. The van der Waals surface area contributed by atoms with Crippen molar-refractivity contribution in [1.82, 2.24) is 0 Å². The van der Waals surface area contributed by atoms with E-state index in [4.69, 9.17) is 14.6 Å². The summed E-state index contributed by atoms with van der Waals surface area (Å²) < 4.78 is 59.3. The fraction of sp³-hybridized carbons (Fsp3) is 0.500. The largest absolute Gasteiger partial charge is 0.487 e. The molecule has 0 saturated heterocycles. The van der Waals surface area contributed by atoms with E-state index < -0.39 is 32.3 Å². The van der Waals surface area contributed by atoms with Crippen molar-refractivity contribution < 1.29 is 26.7 Å². The molecule has 0 spiro atoms. The number of halogens is 2. The molecule has 1 aromatic rings. The van der Waals surface area contributed by atoms with Gasteiger partial charge < -0.3 is 9.47 Å². The lowest BCUT2D eigenvalue weighted by atomic mass is 10.3. The van der Waals surface area contributed by atoms with Crippen molar-refractivity contribution in [2.24, 2.45) is 5.14 Å². The summed E-state index contributed by atoms with van der Waals surface area (Å²) in [4.78, 5) is -0.719. The highest BCUT2D eigenvalue weighted by Gasteiger charge is 2.21. The molecule has 0 aromatic heterocycles. The number of hydrogen-bond acceptors (Lipinski definition) is 4. The van der Waals surface area contributed by atoms with Crippen LogP contribution in [0.5, 0.6) is 5.75 Å². The van der Waals surface area contributed by atoms with Crippen LogP contribution < -0.4 is 9.88 Å². The minimum Gasteiger partial charge on any atom is -0.487 e. The van der Waals surface area contributed by atoms with Gasteiger partial charge in [0.2, 0.25) is 10.0 Å². The summed E-state index contributed by atoms with van der Waals surface area (Å²) >= 11 is 0. The Morgan fingerprint density at radius 1 is 1.20 bits per heavy atom. The van der Waals surface area contributed by atoms with E-state index in [1.54, 1.807) is 0 Å². The minimum atomic E-state index is -4.28. The molecule has 114 valence electrons. The lowest BCUT2D eigenvalue weighted by molar-refractivity contribution is 0.0955. The van der Waals surface area contributed by atoms with Crippen LogP contribution in [-0.4, -0.2) is 28.2 Å². The minimum absolute atomic E-state index is 0.0607. The Bertz CT molecular complexity index is 549. The van der Waals surface area contributed by atoms with Gasteiger partial charge in [-0.05, 0) is 12.5 Å². The van der Waals surface area contributed by atoms with Crippen LogP contribution in [0.25, 0.3) is 0 Å². The van der Waals surface area contributed by atoms with Gasteiger partial charge in [-0.2, -0.15) is 0 Å². The van der Waals surface area contributed by atoms with E-state index in [1.165, 1.54) is 0 Å². The summed E-state index contributed by atoms with van der Waals surface area (Å²) in [6.07, 6.45) is 1.86. The van der Waals surface area contributed by atoms with Crippen molar-refractivity contribution >= 4 is 10.0 Å². The average molecular weight is 309 g/mol. The summed E-state index contributed by atoms with van der Waals surface area (Å²) in [5.74, 6) is -2.76. The van der Waals surface area contributed by atoms with Crippen molar-refractivity contribution in [3.63, 3.8) is 0 Å². The van der Waals surface area contributed by atoms with E-state index in [0.717, 1.165) is 12.8 Å². The lowest BCUT2D eigenvalue weighted by Crippen LogP contribution is -2.17. The Kier molecular flexibility index (Phi) is 6.31. The summed E-state index contributed by atoms with van der Waals surface area (Å²) in [7, 11) is -4.28. The summed E-state index contributed by atoms with van der Waals surface area (Å²) in [6, 6.07) is 1.15. The zero-order valence-electron chi connectivity index (χ0n) is 11.1. The predicted molar refractivity (Wildman–Crippen MR) is 69.0 cm³/mol. The molecule has 2 N–H and O–H groups in total. The summed E-state index contributed by atoms with van der Waals surface area (Å²) in [5, 5.41) is 4.89. The van der Waals surface area contributed by atoms with Crippen molar-refractivity contribution in [2.75, 3.05) is 19.8 Å². The zero-order chi connectivity index (χ0) is 15.2. The third-order valence-electron chi connectivity index (χ3n) is 2.40. The monoisotopic (exact) mass is 309 g/mol. The molecule has 0 bridgehead atoms. The molecular weight excluding hydrogens is 292 g/mol. The number of nitrogens with two attached hydrogens (primary N) is 1. The number of rotatable bonds is 8. The van der Waals surface area contributed by atoms with Crippen LogP contribution >= 0.6 is 0 Å². The van der Waals surface area contributed by atoms with Crippen LogP contribution in [0.15, 0.2) is 17.0 Å². The smallest absolute Gasteiger partial charge is 0.241 e. The Balaban J connectivity index is 2.74. The van der Waals surface area contributed by atoms with Crippen LogP contribution in [0, 0.1) is 11.6 Å². The van der Waals surface area contributed by atoms with E-state index in [-0.39, 0.29) is 13.2 Å². The van der Waals surface area contributed by atoms with Crippen LogP contribution in [0.4, 0.5) is 8.78 Å². The highest BCUT2D eigenvalue weighted by molar-refractivity contribution is 7.89. The fourth-order valence-electron chi connectivity index (χ4n) is 1.44. The zero-order valence-corrected chi connectivity index (χ0v) is 11.9. The predicted octanol–water partition coefficient (Wildman–Crippen LogP) is 1.81. The molecule has 0 heterocycles. The molecule has 0 aliphatic heterocycles. The maximum atomic E-state index is 13.5. The molecule has 0 unspecified atom stereocenters. The van der Waals surface area contributed by atoms with Gasteiger partial charge in [0.05, 0.1) is 6.61 Å². The number of unbranched alkanes of at least 4 members (excludes halogenated alkanes) is 1. The van der Waals surface area contributed by atoms with Gasteiger partial charge in [0.25, 0.3) is 0 Å². The quantitative estimate of drug-likeness (QED) is 0.743. The van der Waals surface area contributed by atoms with Gasteiger partial charge in [-0.15, -0.1) is 0 Å². The topological polar surface area (TPSA) is 78.6 Å². The Morgan fingerprint density at radius 3 is 2.50 bits per heavy atom. The van der Waals surface area contributed by atoms with E-state index in [0.29, 0.717) is 18.7 Å². The molecule has 5 nitrogen and oxygen atoms in total. The maximum Gasteiger partial charge on any atom is 0.241 e. The number of ether oxygens (including phenoxy) is 2. The molecule has 0 fully saturated rings. The highest BCUT2D eigenvalue weighted by Crippen LogP contribution is 2.27. The standard InChI is InChI=1S/C12H17F2NO4S/c1-2-3-4-18-5-6-19-12-10(14)7-9(13)8-11(12)20(15,16)17/h7-8H,2-6H2,1H3,(H2,15,16,17). The Hall–Kier alpha value is -1.25. The molecule has 0 atom stereocenters. The second-order valence-corrected chi connectivity index (χ2v) is 5.60. The molecule has 0 amide bonds. The number of sulfonamides is 1. The van der Waals surface area contributed by atoms with Crippen LogP contribution in [0.3, 0.4) is 0 Å². The van der Waals surface area contributed by atoms with Crippen LogP contribution in [-0.2, 0) is 14.8 Å². The van der Waals surface area contributed by atoms with Gasteiger partial charge in [0.1, 0.15) is 17.3 Å². The number of primary sulfonamides is 1. The average Bonchev–Trinajstić information content (AvgIpc) is 2.34. The lowest BCUT2D eigenvalue weighted by Gasteiger charge is -2.11. The second kappa shape index (κ2) is 7.51. The molecule has 1 aromatic carbocycles. The normalized spacial score (nSPS) is 11.6. The first-order valence-corrected chi connectivity index (χ1v) is 7.63. The van der Waals surface area contributed by atoms with E-state index >= 15 is 0 Å². The van der Waals surface area contributed by atoms with E-state index in [1.807, 2.05) is 6.92 Å². The van der Waals surface area contributed by atoms with E-state index in [2.05, 4.69) is 0 Å². The van der Waals surface area contributed by atoms with Gasteiger partial charge >= 0.3 is 0 Å². The third kappa shape index (κ3) is 5.03. The fourth-order valence-corrected chi connectivity index (χ4v) is 2.13. The number of benzene rings is 1. The SMILES string of the molecule is CCCCOCCOc1c(F)cc(F)cc1S(N)(=O)=O. The van der Waals surface area contributed by atoms with Crippen LogP contribution in [0.2, 0.25) is 0 Å². The third-order valence-corrected chi connectivity index (χ3v) is 3.31. The maximum absolute atomic E-state index is 13.5. The van der Waals surface area contributed by atoms with Crippen molar-refractivity contribution in [3.8, 4) is 5.75 Å². The summed E-state index contributed by atoms with van der Waals surface area (Å²) in [6.45, 7) is 2.65. The Labute approximate surface area is 116 Å². The summed E-state index contributed by atoms with van der Waals surface area (Å²) in [5.41, 5.74) is 0. The highest BCUT2D eigenvalue weighted by atomic mass is 32.2. The van der Waals surface area contributed by atoms with E-state index in [9.17, 15) is 17.2 Å². The van der Waals surface area contributed by atoms with Gasteiger partial charge in [-0.3, -0.25) is 0 Å². The van der Waals surface area contributed by atoms with Gasteiger partial charge in [0.15, 0.2) is 11.6 Å². The van der Waals surface area contributed by atoms with Crippen LogP contribution in [0.1, 0.15) is 19.8 Å². The molecule has 0 aliphatic carbocycles. The second-order valence-electron chi connectivity index (χ2n) is 4.07. The molecule has 0 aliphatic rings. The van der Waals surface area contributed by atoms with Gasteiger partial charge in [-0.25, -0.2) is 22.3 Å². The van der Waals surface area contributed by atoms with Gasteiger partial charge in [0, 0.05) is 12.7 Å². The van der Waals surface area contributed by atoms with Crippen molar-refractivity contribution in [1.29, 1.82) is 0 Å². The first-order valence-electron chi connectivity index (χ1n) is 6.08. The van der Waals surface area contributed by atoms with Gasteiger partial charge in [-0.1, -0.05) is 13.3 Å². The molecule has 8 heteroatoms. The molecule has 0 saturated carbocycles. The Morgan fingerprint density at radius 2 is 1.90 bits per heavy atom.